The molecule has 7 nitrogen and oxygen atoms in total. The Hall–Kier alpha value is -3.63. The molecule has 0 aliphatic heterocycles. The van der Waals surface area contributed by atoms with Crippen molar-refractivity contribution >= 4 is 21.4 Å². The Morgan fingerprint density at radius 1 is 0.778 bits per heavy atom. The average Bonchev–Trinajstić information content (AvgIpc) is 2.84. The topological polar surface area (TPSA) is 89.3 Å². The zero-order chi connectivity index (χ0) is 26.1. The molecular weight excluding hydrogens is 488 g/mol. The summed E-state index contributed by atoms with van der Waals surface area (Å²) in [5, 5.41) is 8.02. The van der Waals surface area contributed by atoms with Gasteiger partial charge in [0.15, 0.2) is 0 Å². The second-order valence-electron chi connectivity index (χ2n) is 8.09. The first-order valence-electron chi connectivity index (χ1n) is 11.1. The van der Waals surface area contributed by atoms with Gasteiger partial charge in [-0.05, 0) is 68.3 Å². The van der Waals surface area contributed by atoms with E-state index in [1.165, 1.54) is 36.4 Å². The van der Waals surface area contributed by atoms with Crippen LogP contribution in [0.1, 0.15) is 30.5 Å². The number of rotatable bonds is 11. The van der Waals surface area contributed by atoms with Crippen molar-refractivity contribution in [2.75, 3.05) is 13.2 Å². The monoisotopic (exact) mass is 515 g/mol. The van der Waals surface area contributed by atoms with Crippen LogP contribution in [-0.4, -0.2) is 39.1 Å². The van der Waals surface area contributed by atoms with Gasteiger partial charge in [0, 0.05) is 0 Å². The number of nitrogens with one attached hydrogen (secondary N) is 1. The van der Waals surface area contributed by atoms with Crippen molar-refractivity contribution in [1.82, 2.24) is 4.72 Å². The number of nitrogens with zero attached hydrogens (tertiary/aromatic N) is 2. The lowest BCUT2D eigenvalue weighted by atomic mass is 10.1. The van der Waals surface area contributed by atoms with E-state index in [-0.39, 0.29) is 29.7 Å². The fourth-order valence-electron chi connectivity index (χ4n) is 3.06. The molecule has 10 heteroatoms. The number of aryl methyl sites for hydroxylation is 1. The van der Waals surface area contributed by atoms with Crippen molar-refractivity contribution in [2.24, 2.45) is 10.3 Å². The molecule has 0 heterocycles. The largest absolute Gasteiger partial charge is 0.394 e. The maximum Gasteiger partial charge on any atom is 0.241 e. The molecule has 0 aromatic heterocycles. The minimum Gasteiger partial charge on any atom is -0.394 e. The Labute approximate surface area is 209 Å². The van der Waals surface area contributed by atoms with Crippen LogP contribution in [0.4, 0.5) is 8.78 Å². The first-order valence-corrected chi connectivity index (χ1v) is 12.6. The average molecular weight is 516 g/mol. The summed E-state index contributed by atoms with van der Waals surface area (Å²) in [4.78, 5) is 10.9. The highest BCUT2D eigenvalue weighted by Gasteiger charge is 2.22. The van der Waals surface area contributed by atoms with Crippen LogP contribution in [0, 0.1) is 18.6 Å². The smallest absolute Gasteiger partial charge is 0.241 e. The van der Waals surface area contributed by atoms with Crippen LogP contribution >= 0.6 is 0 Å². The minimum absolute atomic E-state index is 0.0927. The normalized spacial score (nSPS) is 13.4. The molecule has 0 aliphatic carbocycles. The van der Waals surface area contributed by atoms with Gasteiger partial charge in [-0.15, -0.1) is 0 Å². The molecular formula is C26H27F2N3O4S. The molecule has 0 radical (unpaired) electrons. The number of oxime groups is 2. The van der Waals surface area contributed by atoms with Crippen LogP contribution in [0.2, 0.25) is 0 Å². The number of hydrogen-bond donors (Lipinski definition) is 1. The standard InChI is InChI=1S/C26H27F2N3O4S/c1-18-4-14-26(15-5-18)36(32,33)31-25(16-34-29-19(2)21-6-10-23(27)11-7-21)17-35-30-20(3)22-8-12-24(28)13-9-22/h4-15,25,31H,16-17H2,1-3H3. The zero-order valence-electron chi connectivity index (χ0n) is 20.1. The van der Waals surface area contributed by atoms with E-state index in [4.69, 9.17) is 9.68 Å². The van der Waals surface area contributed by atoms with Crippen molar-refractivity contribution in [1.29, 1.82) is 0 Å². The predicted molar refractivity (Wildman–Crippen MR) is 134 cm³/mol. The van der Waals surface area contributed by atoms with E-state index in [0.29, 0.717) is 22.6 Å². The van der Waals surface area contributed by atoms with Gasteiger partial charge in [0.25, 0.3) is 0 Å². The van der Waals surface area contributed by atoms with Crippen LogP contribution in [0.5, 0.6) is 0 Å². The lowest BCUT2D eigenvalue weighted by Gasteiger charge is -2.17. The lowest BCUT2D eigenvalue weighted by Crippen LogP contribution is -2.41. The third kappa shape index (κ3) is 7.96. The van der Waals surface area contributed by atoms with E-state index in [9.17, 15) is 17.2 Å². The molecule has 190 valence electrons. The van der Waals surface area contributed by atoms with E-state index >= 15 is 0 Å². The van der Waals surface area contributed by atoms with Crippen molar-refractivity contribution < 1.29 is 26.9 Å². The van der Waals surface area contributed by atoms with Crippen molar-refractivity contribution in [2.45, 2.75) is 31.7 Å². The minimum atomic E-state index is -3.88. The Kier molecular flexibility index (Phi) is 9.26. The van der Waals surface area contributed by atoms with Gasteiger partial charge >= 0.3 is 0 Å². The zero-order valence-corrected chi connectivity index (χ0v) is 20.9. The number of halogens is 2. The summed E-state index contributed by atoms with van der Waals surface area (Å²) >= 11 is 0. The molecule has 0 saturated heterocycles. The Balaban J connectivity index is 1.71. The Morgan fingerprint density at radius 2 is 1.19 bits per heavy atom. The number of benzene rings is 3. The highest BCUT2D eigenvalue weighted by Crippen LogP contribution is 2.12. The molecule has 1 N–H and O–H groups in total. The second kappa shape index (κ2) is 12.4. The summed E-state index contributed by atoms with van der Waals surface area (Å²) in [7, 11) is -3.88. The second-order valence-corrected chi connectivity index (χ2v) is 9.80. The lowest BCUT2D eigenvalue weighted by molar-refractivity contribution is 0.0686. The fourth-order valence-corrected chi connectivity index (χ4v) is 4.26. The molecule has 0 spiro atoms. The summed E-state index contributed by atoms with van der Waals surface area (Å²) < 4.78 is 54.6. The quantitative estimate of drug-likeness (QED) is 0.293. The number of hydrogen-bond acceptors (Lipinski definition) is 6. The van der Waals surface area contributed by atoms with Gasteiger partial charge in [-0.2, -0.15) is 0 Å². The van der Waals surface area contributed by atoms with Crippen molar-refractivity contribution in [3.63, 3.8) is 0 Å². The summed E-state index contributed by atoms with van der Waals surface area (Å²) in [5.74, 6) is -0.738. The van der Waals surface area contributed by atoms with Gasteiger partial charge in [-0.1, -0.05) is 52.3 Å². The third-order valence-corrected chi connectivity index (χ3v) is 6.67. The van der Waals surface area contributed by atoms with E-state index in [0.717, 1.165) is 5.56 Å². The van der Waals surface area contributed by atoms with E-state index < -0.39 is 16.1 Å². The van der Waals surface area contributed by atoms with Crippen molar-refractivity contribution in [3.8, 4) is 0 Å². The van der Waals surface area contributed by atoms with Crippen LogP contribution in [0.15, 0.2) is 88.0 Å². The van der Waals surface area contributed by atoms with Crippen LogP contribution in [0.3, 0.4) is 0 Å². The first kappa shape index (κ1) is 27.0. The van der Waals surface area contributed by atoms with Crippen LogP contribution in [0.25, 0.3) is 0 Å². The fraction of sp³-hybridized carbons (Fsp3) is 0.231. The number of sulfonamides is 1. The molecule has 0 saturated carbocycles. The third-order valence-electron chi connectivity index (χ3n) is 5.13. The SMILES string of the molecule is CC(=NOCC(CON=C(C)c1ccc(F)cc1)NS(=O)(=O)c1ccc(C)cc1)c1ccc(F)cc1. The van der Waals surface area contributed by atoms with Gasteiger partial charge < -0.3 is 9.68 Å². The summed E-state index contributed by atoms with van der Waals surface area (Å²) in [6.07, 6.45) is 0. The molecule has 3 aromatic carbocycles. The van der Waals surface area contributed by atoms with E-state index in [1.54, 1.807) is 50.2 Å². The van der Waals surface area contributed by atoms with E-state index in [2.05, 4.69) is 15.0 Å². The molecule has 36 heavy (non-hydrogen) atoms. The van der Waals surface area contributed by atoms with Gasteiger partial charge in [-0.3, -0.25) is 0 Å². The first-order chi connectivity index (χ1) is 17.1. The van der Waals surface area contributed by atoms with Gasteiger partial charge in [0.05, 0.1) is 22.4 Å². The van der Waals surface area contributed by atoms with Gasteiger partial charge in [0.2, 0.25) is 10.0 Å². The highest BCUT2D eigenvalue weighted by atomic mass is 32.2. The van der Waals surface area contributed by atoms with Gasteiger partial charge in [0.1, 0.15) is 24.8 Å². The van der Waals surface area contributed by atoms with Crippen molar-refractivity contribution in [3.05, 3.63) is 101 Å². The summed E-state index contributed by atoms with van der Waals surface area (Å²) in [5.41, 5.74) is 3.21. The molecule has 0 fully saturated rings. The molecule has 3 rings (SSSR count). The van der Waals surface area contributed by atoms with Crippen LogP contribution in [-0.2, 0) is 19.7 Å². The van der Waals surface area contributed by atoms with Crippen LogP contribution < -0.4 is 4.72 Å². The summed E-state index contributed by atoms with van der Waals surface area (Å²) in [6, 6.07) is 17.0. The Morgan fingerprint density at radius 3 is 1.61 bits per heavy atom. The maximum atomic E-state index is 13.2. The molecule has 0 unspecified atom stereocenters. The van der Waals surface area contributed by atoms with E-state index in [1.807, 2.05) is 6.92 Å². The molecule has 0 aliphatic rings. The molecule has 0 bridgehead atoms. The molecule has 0 atom stereocenters. The predicted octanol–water partition coefficient (Wildman–Crippen LogP) is 4.80. The Bertz CT molecular complexity index is 1240. The molecule has 3 aromatic rings. The molecule has 0 amide bonds. The highest BCUT2D eigenvalue weighted by molar-refractivity contribution is 7.89. The maximum absolute atomic E-state index is 13.2. The van der Waals surface area contributed by atoms with Gasteiger partial charge in [-0.25, -0.2) is 21.9 Å². The summed E-state index contributed by atoms with van der Waals surface area (Å²) in [6.45, 7) is 4.91.